The number of amides is 2. The first-order chi connectivity index (χ1) is 10.2. The first-order valence-electron chi connectivity index (χ1n) is 6.97. The number of hydrogen-bond donors (Lipinski definition) is 2. The Hall–Kier alpha value is -2.40. The molecule has 5 nitrogen and oxygen atoms in total. The van der Waals surface area contributed by atoms with Gasteiger partial charge in [0, 0.05) is 31.0 Å². The van der Waals surface area contributed by atoms with Crippen molar-refractivity contribution in [1.82, 2.24) is 9.88 Å². The number of benzene rings is 1. The van der Waals surface area contributed by atoms with Crippen LogP contribution in [0.1, 0.15) is 6.42 Å². The van der Waals surface area contributed by atoms with E-state index in [2.05, 4.69) is 10.3 Å². The number of nitrogens with one attached hydrogen (secondary N) is 1. The monoisotopic (exact) mass is 283 g/mol. The van der Waals surface area contributed by atoms with Crippen molar-refractivity contribution in [2.75, 3.05) is 18.4 Å². The van der Waals surface area contributed by atoms with Crippen LogP contribution in [0.2, 0.25) is 0 Å². The van der Waals surface area contributed by atoms with Gasteiger partial charge < -0.3 is 15.3 Å². The lowest BCUT2D eigenvalue weighted by molar-refractivity contribution is 0.176. The number of para-hydroxylation sites is 1. The highest BCUT2D eigenvalue weighted by Gasteiger charge is 2.24. The average Bonchev–Trinajstić information content (AvgIpc) is 2.95. The quantitative estimate of drug-likeness (QED) is 0.889. The van der Waals surface area contributed by atoms with Crippen LogP contribution in [0.4, 0.5) is 10.5 Å². The summed E-state index contributed by atoms with van der Waals surface area (Å²) in [5.74, 6) is 0. The van der Waals surface area contributed by atoms with Crippen molar-refractivity contribution in [2.24, 2.45) is 0 Å². The second kappa shape index (κ2) is 5.93. The maximum absolute atomic E-state index is 12.2. The Bertz CT molecular complexity index is 630. The van der Waals surface area contributed by atoms with E-state index in [4.69, 9.17) is 0 Å². The van der Waals surface area contributed by atoms with Crippen LogP contribution in [0, 0.1) is 0 Å². The first-order valence-corrected chi connectivity index (χ1v) is 6.97. The molecule has 1 saturated heterocycles. The van der Waals surface area contributed by atoms with E-state index in [1.807, 2.05) is 36.4 Å². The van der Waals surface area contributed by atoms with E-state index >= 15 is 0 Å². The van der Waals surface area contributed by atoms with Crippen LogP contribution in [0.15, 0.2) is 48.8 Å². The Labute approximate surface area is 123 Å². The number of nitrogens with zero attached hydrogens (tertiary/aromatic N) is 2. The first kappa shape index (κ1) is 13.6. The predicted molar refractivity (Wildman–Crippen MR) is 80.9 cm³/mol. The number of anilines is 1. The SMILES string of the molecule is O=C(Nc1ccccc1-c1ccncc1)N1CC[C@H](O)C1. The van der Waals surface area contributed by atoms with Gasteiger partial charge in [-0.15, -0.1) is 0 Å². The molecular weight excluding hydrogens is 266 g/mol. The van der Waals surface area contributed by atoms with Gasteiger partial charge >= 0.3 is 6.03 Å². The molecule has 2 amide bonds. The molecule has 5 heteroatoms. The van der Waals surface area contributed by atoms with Crippen molar-refractivity contribution in [3.05, 3.63) is 48.8 Å². The standard InChI is InChI=1S/C16H17N3O2/c20-13-7-10-19(11-13)16(21)18-15-4-2-1-3-14(15)12-5-8-17-9-6-12/h1-6,8-9,13,20H,7,10-11H2,(H,18,21)/t13-/m0/s1. The van der Waals surface area contributed by atoms with E-state index in [1.165, 1.54) is 0 Å². The summed E-state index contributed by atoms with van der Waals surface area (Å²) >= 11 is 0. The van der Waals surface area contributed by atoms with E-state index in [9.17, 15) is 9.90 Å². The zero-order valence-electron chi connectivity index (χ0n) is 11.6. The largest absolute Gasteiger partial charge is 0.391 e. The number of hydrogen-bond acceptors (Lipinski definition) is 3. The highest BCUT2D eigenvalue weighted by Crippen LogP contribution is 2.27. The topological polar surface area (TPSA) is 65.5 Å². The van der Waals surface area contributed by atoms with Gasteiger partial charge in [0.15, 0.2) is 0 Å². The summed E-state index contributed by atoms with van der Waals surface area (Å²) < 4.78 is 0. The lowest BCUT2D eigenvalue weighted by Crippen LogP contribution is -2.33. The fourth-order valence-electron chi connectivity index (χ4n) is 2.50. The molecule has 108 valence electrons. The second-order valence-electron chi connectivity index (χ2n) is 5.10. The highest BCUT2D eigenvalue weighted by molar-refractivity contribution is 5.94. The summed E-state index contributed by atoms with van der Waals surface area (Å²) in [5, 5.41) is 12.4. The Morgan fingerprint density at radius 2 is 2.00 bits per heavy atom. The third-order valence-corrected chi connectivity index (χ3v) is 3.61. The minimum Gasteiger partial charge on any atom is -0.391 e. The van der Waals surface area contributed by atoms with Crippen LogP contribution in [0.25, 0.3) is 11.1 Å². The van der Waals surface area contributed by atoms with Gasteiger partial charge in [-0.2, -0.15) is 0 Å². The molecule has 2 aromatic rings. The lowest BCUT2D eigenvalue weighted by atomic mass is 10.1. The Balaban J connectivity index is 1.81. The van der Waals surface area contributed by atoms with E-state index in [0.29, 0.717) is 19.5 Å². The van der Waals surface area contributed by atoms with Crippen LogP contribution in [-0.2, 0) is 0 Å². The van der Waals surface area contributed by atoms with Gasteiger partial charge in [-0.1, -0.05) is 18.2 Å². The summed E-state index contributed by atoms with van der Waals surface area (Å²) in [4.78, 5) is 17.9. The Morgan fingerprint density at radius 3 is 2.71 bits per heavy atom. The molecule has 1 aromatic carbocycles. The van der Waals surface area contributed by atoms with Gasteiger partial charge in [-0.3, -0.25) is 4.98 Å². The molecule has 0 unspecified atom stereocenters. The van der Waals surface area contributed by atoms with Crippen LogP contribution >= 0.6 is 0 Å². The van der Waals surface area contributed by atoms with Crippen molar-refractivity contribution in [2.45, 2.75) is 12.5 Å². The van der Waals surface area contributed by atoms with Crippen molar-refractivity contribution in [3.63, 3.8) is 0 Å². The molecule has 0 aliphatic carbocycles. The van der Waals surface area contributed by atoms with Gasteiger partial charge in [0.2, 0.25) is 0 Å². The summed E-state index contributed by atoms with van der Waals surface area (Å²) in [5.41, 5.74) is 2.71. The molecule has 0 spiro atoms. The van der Waals surface area contributed by atoms with Gasteiger partial charge in [0.25, 0.3) is 0 Å². The van der Waals surface area contributed by atoms with Crippen molar-refractivity contribution < 1.29 is 9.90 Å². The van der Waals surface area contributed by atoms with Crippen LogP contribution in [0.3, 0.4) is 0 Å². The predicted octanol–water partition coefficient (Wildman–Crippen LogP) is 2.35. The summed E-state index contributed by atoms with van der Waals surface area (Å²) in [6, 6.07) is 11.3. The molecule has 0 saturated carbocycles. The number of carbonyl (C=O) groups is 1. The molecule has 2 heterocycles. The van der Waals surface area contributed by atoms with Gasteiger partial charge in [-0.05, 0) is 30.2 Å². The Morgan fingerprint density at radius 1 is 1.24 bits per heavy atom. The Kier molecular flexibility index (Phi) is 3.83. The molecule has 1 aromatic heterocycles. The third-order valence-electron chi connectivity index (χ3n) is 3.61. The summed E-state index contributed by atoms with van der Waals surface area (Å²) in [6.07, 6.45) is 3.68. The third kappa shape index (κ3) is 3.03. The molecule has 1 aliphatic rings. The maximum atomic E-state index is 12.2. The number of β-amino-alcohol motifs (C(OH)–C–C–N with tert-alkyl or cyclic N) is 1. The molecule has 21 heavy (non-hydrogen) atoms. The highest BCUT2D eigenvalue weighted by atomic mass is 16.3. The molecule has 0 bridgehead atoms. The van der Waals surface area contributed by atoms with E-state index in [-0.39, 0.29) is 6.03 Å². The molecule has 0 radical (unpaired) electrons. The number of rotatable bonds is 2. The number of pyridine rings is 1. The number of likely N-dealkylation sites (tertiary alicyclic amines) is 1. The van der Waals surface area contributed by atoms with Crippen LogP contribution in [-0.4, -0.2) is 40.2 Å². The molecule has 3 rings (SSSR count). The minimum atomic E-state index is -0.411. The fourth-order valence-corrected chi connectivity index (χ4v) is 2.50. The molecule has 1 fully saturated rings. The molecular formula is C16H17N3O2. The number of aromatic nitrogens is 1. The van der Waals surface area contributed by atoms with Crippen LogP contribution in [0.5, 0.6) is 0 Å². The van der Waals surface area contributed by atoms with Crippen LogP contribution < -0.4 is 5.32 Å². The van der Waals surface area contributed by atoms with Crippen molar-refractivity contribution in [1.29, 1.82) is 0 Å². The second-order valence-corrected chi connectivity index (χ2v) is 5.10. The smallest absolute Gasteiger partial charge is 0.321 e. The number of carbonyl (C=O) groups excluding carboxylic acids is 1. The van der Waals surface area contributed by atoms with Gasteiger partial charge in [0.1, 0.15) is 0 Å². The van der Waals surface area contributed by atoms with E-state index in [1.54, 1.807) is 17.3 Å². The average molecular weight is 283 g/mol. The van der Waals surface area contributed by atoms with Crippen molar-refractivity contribution >= 4 is 11.7 Å². The fraction of sp³-hybridized carbons (Fsp3) is 0.250. The number of urea groups is 1. The normalized spacial score (nSPS) is 17.8. The zero-order valence-corrected chi connectivity index (χ0v) is 11.6. The molecule has 1 aliphatic heterocycles. The number of aliphatic hydroxyl groups is 1. The maximum Gasteiger partial charge on any atom is 0.321 e. The van der Waals surface area contributed by atoms with Crippen molar-refractivity contribution in [3.8, 4) is 11.1 Å². The van der Waals surface area contributed by atoms with Gasteiger partial charge in [-0.25, -0.2) is 4.79 Å². The molecule has 2 N–H and O–H groups in total. The van der Waals surface area contributed by atoms with E-state index in [0.717, 1.165) is 16.8 Å². The van der Waals surface area contributed by atoms with Gasteiger partial charge in [0.05, 0.1) is 11.8 Å². The minimum absolute atomic E-state index is 0.173. The molecule has 1 atom stereocenters. The number of aliphatic hydroxyl groups excluding tert-OH is 1. The zero-order chi connectivity index (χ0) is 14.7. The summed E-state index contributed by atoms with van der Waals surface area (Å²) in [7, 11) is 0. The van der Waals surface area contributed by atoms with E-state index < -0.39 is 6.10 Å². The lowest BCUT2D eigenvalue weighted by Gasteiger charge is -2.18. The summed E-state index contributed by atoms with van der Waals surface area (Å²) in [6.45, 7) is 0.980.